The molecule has 1 aromatic heterocycles. The molecule has 1 aromatic carbocycles. The van der Waals surface area contributed by atoms with E-state index in [1.54, 1.807) is 13.1 Å². The van der Waals surface area contributed by atoms with Crippen molar-refractivity contribution >= 4 is 29.3 Å². The predicted molar refractivity (Wildman–Crippen MR) is 129 cm³/mol. The first kappa shape index (κ1) is 24.1. The van der Waals surface area contributed by atoms with Gasteiger partial charge in [-0.1, -0.05) is 19.2 Å². The molecular weight excluding hydrogens is 455 g/mol. The molecule has 35 heavy (non-hydrogen) atoms. The molecule has 0 aliphatic carbocycles. The van der Waals surface area contributed by atoms with E-state index in [0.29, 0.717) is 60.6 Å². The topological polar surface area (TPSA) is 109 Å². The third-order valence-corrected chi connectivity index (χ3v) is 5.75. The largest absolute Gasteiger partial charge is 0.469 e. The highest BCUT2D eigenvalue weighted by molar-refractivity contribution is 6.01. The molecule has 11 heteroatoms. The zero-order valence-corrected chi connectivity index (χ0v) is 19.6. The van der Waals surface area contributed by atoms with Gasteiger partial charge >= 0.3 is 6.09 Å². The van der Waals surface area contributed by atoms with Crippen LogP contribution < -0.4 is 25.2 Å². The number of aromatic nitrogens is 2. The van der Waals surface area contributed by atoms with Crippen molar-refractivity contribution in [1.82, 2.24) is 15.3 Å². The maximum Gasteiger partial charge on any atom is 0.416 e. The van der Waals surface area contributed by atoms with Gasteiger partial charge in [0, 0.05) is 24.9 Å². The van der Waals surface area contributed by atoms with Crippen LogP contribution in [0, 0.1) is 12.7 Å². The van der Waals surface area contributed by atoms with E-state index >= 15 is 0 Å². The molecule has 0 radical (unpaired) electrons. The quantitative estimate of drug-likeness (QED) is 0.437. The monoisotopic (exact) mass is 482 g/mol. The van der Waals surface area contributed by atoms with E-state index < -0.39 is 12.2 Å². The fraction of sp³-hybridized carbons (Fsp3) is 0.333. The highest BCUT2D eigenvalue weighted by Gasteiger charge is 2.34. The van der Waals surface area contributed by atoms with Crippen LogP contribution in [0.15, 0.2) is 43.3 Å². The number of anilines is 3. The molecule has 0 spiro atoms. The van der Waals surface area contributed by atoms with Crippen LogP contribution in [0.5, 0.6) is 5.88 Å². The number of carbonyl (C=O) groups is 2. The van der Waals surface area contributed by atoms with Crippen molar-refractivity contribution in [3.8, 4) is 5.88 Å². The number of hydrogen-bond donors (Lipinski definition) is 2. The summed E-state index contributed by atoms with van der Waals surface area (Å²) in [6, 6.07) is 3.04. The standard InChI is InChI=1S/C24H27FN6O4/c1-5-20(32)30(4)21-14(2)6-7-18(25)17(21)8-9-26-10-16-12-31(24(33)35-16)19-11-27-23-22(29-19)28-15(3)13-34-23/h5-7,11,16,26H,1,3,8-10,12-13H2,2,4H3,(H,28,29)/t16-/m0/s1. The number of rotatable bonds is 8. The Kier molecular flexibility index (Phi) is 6.97. The van der Waals surface area contributed by atoms with Crippen LogP contribution in [-0.2, 0) is 16.0 Å². The van der Waals surface area contributed by atoms with Gasteiger partial charge < -0.3 is 25.0 Å². The van der Waals surface area contributed by atoms with Gasteiger partial charge in [0.1, 0.15) is 18.5 Å². The van der Waals surface area contributed by atoms with Gasteiger partial charge in [0.2, 0.25) is 5.91 Å². The van der Waals surface area contributed by atoms with Gasteiger partial charge in [-0.25, -0.2) is 19.2 Å². The number of nitrogens with zero attached hydrogens (tertiary/aromatic N) is 4. The van der Waals surface area contributed by atoms with Gasteiger partial charge in [-0.05, 0) is 37.6 Å². The van der Waals surface area contributed by atoms with Crippen LogP contribution >= 0.6 is 0 Å². The number of halogens is 1. The van der Waals surface area contributed by atoms with Crippen molar-refractivity contribution in [2.24, 2.45) is 0 Å². The Morgan fingerprint density at radius 3 is 3.03 bits per heavy atom. The molecule has 184 valence electrons. The van der Waals surface area contributed by atoms with E-state index in [-0.39, 0.29) is 18.3 Å². The lowest BCUT2D eigenvalue weighted by atomic mass is 10.0. The van der Waals surface area contributed by atoms with Crippen LogP contribution in [0.1, 0.15) is 11.1 Å². The van der Waals surface area contributed by atoms with Crippen molar-refractivity contribution in [3.63, 3.8) is 0 Å². The summed E-state index contributed by atoms with van der Waals surface area (Å²) in [6.45, 7) is 10.5. The van der Waals surface area contributed by atoms with Crippen molar-refractivity contribution in [2.75, 3.05) is 48.4 Å². The number of likely N-dealkylation sites (N-methyl/N-ethyl adjacent to an activating group) is 1. The second-order valence-electron chi connectivity index (χ2n) is 8.26. The minimum absolute atomic E-state index is 0.279. The zero-order chi connectivity index (χ0) is 25.1. The summed E-state index contributed by atoms with van der Waals surface area (Å²) < 4.78 is 25.5. The molecule has 1 atom stereocenters. The molecule has 4 rings (SSSR count). The number of carbonyl (C=O) groups excluding carboxylic acids is 2. The summed E-state index contributed by atoms with van der Waals surface area (Å²) in [5.41, 5.74) is 2.39. The van der Waals surface area contributed by atoms with E-state index in [2.05, 4.69) is 33.8 Å². The zero-order valence-electron chi connectivity index (χ0n) is 19.6. The number of ether oxygens (including phenoxy) is 2. The predicted octanol–water partition coefficient (Wildman–Crippen LogP) is 2.55. The fourth-order valence-electron chi connectivity index (χ4n) is 4.02. The molecule has 2 N–H and O–H groups in total. The lowest BCUT2D eigenvalue weighted by Crippen LogP contribution is -2.33. The number of cyclic esters (lactones) is 1. The van der Waals surface area contributed by atoms with E-state index in [4.69, 9.17) is 9.47 Å². The van der Waals surface area contributed by atoms with E-state index in [1.807, 2.05) is 6.92 Å². The second kappa shape index (κ2) is 10.1. The van der Waals surface area contributed by atoms with Crippen molar-refractivity contribution in [3.05, 3.63) is 60.2 Å². The van der Waals surface area contributed by atoms with Crippen LogP contribution in [0.2, 0.25) is 0 Å². The van der Waals surface area contributed by atoms with Crippen LogP contribution in [0.4, 0.5) is 26.5 Å². The summed E-state index contributed by atoms with van der Waals surface area (Å²) in [5, 5.41) is 6.20. The summed E-state index contributed by atoms with van der Waals surface area (Å²) in [7, 11) is 1.59. The first-order valence-electron chi connectivity index (χ1n) is 11.1. The number of amides is 2. The van der Waals surface area contributed by atoms with Crippen molar-refractivity contribution in [1.29, 1.82) is 0 Å². The summed E-state index contributed by atoms with van der Waals surface area (Å²) in [4.78, 5) is 35.9. The number of benzene rings is 1. The minimum atomic E-state index is -0.529. The molecule has 2 aliphatic rings. The first-order valence-corrected chi connectivity index (χ1v) is 11.1. The number of nitrogens with one attached hydrogen (secondary N) is 2. The van der Waals surface area contributed by atoms with Gasteiger partial charge in [-0.3, -0.25) is 9.69 Å². The highest BCUT2D eigenvalue weighted by atomic mass is 19.1. The lowest BCUT2D eigenvalue weighted by molar-refractivity contribution is -0.113. The molecule has 1 fully saturated rings. The Labute approximate surface area is 202 Å². The van der Waals surface area contributed by atoms with Gasteiger partial charge in [0.05, 0.1) is 18.4 Å². The molecule has 0 bridgehead atoms. The SMILES string of the molecule is C=CC(=O)N(C)c1c(C)ccc(F)c1CCNC[C@H]1CN(c2cnc3c(n2)NC(=C)CO3)C(=O)O1. The Hall–Kier alpha value is -3.99. The molecule has 2 aromatic rings. The fourth-order valence-corrected chi connectivity index (χ4v) is 4.02. The molecule has 2 amide bonds. The average Bonchev–Trinajstić information content (AvgIpc) is 3.22. The number of hydrogen-bond acceptors (Lipinski definition) is 8. The number of aryl methyl sites for hydroxylation is 1. The van der Waals surface area contributed by atoms with E-state index in [9.17, 15) is 14.0 Å². The third-order valence-electron chi connectivity index (χ3n) is 5.75. The second-order valence-corrected chi connectivity index (χ2v) is 8.26. The summed E-state index contributed by atoms with van der Waals surface area (Å²) in [6.07, 6.45) is 2.03. The van der Waals surface area contributed by atoms with Crippen LogP contribution in [0.25, 0.3) is 0 Å². The van der Waals surface area contributed by atoms with Gasteiger partial charge in [0.15, 0.2) is 11.6 Å². The molecular formula is C24H27FN6O4. The molecule has 2 aliphatic heterocycles. The summed E-state index contributed by atoms with van der Waals surface area (Å²) >= 11 is 0. The Bertz CT molecular complexity index is 1190. The molecule has 1 saturated heterocycles. The van der Waals surface area contributed by atoms with Crippen molar-refractivity contribution < 1.29 is 23.5 Å². The maximum atomic E-state index is 14.6. The summed E-state index contributed by atoms with van der Waals surface area (Å²) in [5.74, 6) is 0.366. The molecule has 0 unspecified atom stereocenters. The molecule has 3 heterocycles. The van der Waals surface area contributed by atoms with Crippen molar-refractivity contribution in [2.45, 2.75) is 19.4 Å². The Morgan fingerprint density at radius 1 is 1.46 bits per heavy atom. The smallest absolute Gasteiger partial charge is 0.416 e. The third kappa shape index (κ3) is 5.09. The maximum absolute atomic E-state index is 14.6. The Balaban J connectivity index is 1.35. The number of fused-ring (bicyclic) bond motifs is 1. The first-order chi connectivity index (χ1) is 16.8. The lowest BCUT2D eigenvalue weighted by Gasteiger charge is -2.22. The van der Waals surface area contributed by atoms with E-state index in [0.717, 1.165) is 5.56 Å². The normalized spacial score (nSPS) is 16.8. The van der Waals surface area contributed by atoms with Gasteiger partial charge in [-0.15, -0.1) is 0 Å². The van der Waals surface area contributed by atoms with E-state index in [1.165, 1.54) is 28.1 Å². The highest BCUT2D eigenvalue weighted by Crippen LogP contribution is 2.29. The van der Waals surface area contributed by atoms with Gasteiger partial charge in [0.25, 0.3) is 5.88 Å². The van der Waals surface area contributed by atoms with Crippen LogP contribution in [0.3, 0.4) is 0 Å². The molecule has 0 saturated carbocycles. The minimum Gasteiger partial charge on any atom is -0.469 e. The van der Waals surface area contributed by atoms with Gasteiger partial charge in [-0.2, -0.15) is 0 Å². The van der Waals surface area contributed by atoms with Crippen LogP contribution in [-0.4, -0.2) is 61.4 Å². The Morgan fingerprint density at radius 2 is 2.26 bits per heavy atom. The average molecular weight is 483 g/mol. The molecule has 10 nitrogen and oxygen atoms in total.